The van der Waals surface area contributed by atoms with Crippen LogP contribution < -0.4 is 19.6 Å². The zero-order valence-corrected chi connectivity index (χ0v) is 38.2. The Bertz CT molecular complexity index is 2640. The number of aliphatic hydroxyl groups is 1. The number of hydrogen-bond donors (Lipinski definition) is 1. The summed E-state index contributed by atoms with van der Waals surface area (Å²) in [6, 6.07) is 44.1. The number of halogens is 3. The van der Waals surface area contributed by atoms with Crippen LogP contribution in [0.5, 0.6) is 0 Å². The summed E-state index contributed by atoms with van der Waals surface area (Å²) >= 11 is 15.4. The zero-order chi connectivity index (χ0) is 44.7. The van der Waals surface area contributed by atoms with Gasteiger partial charge in [-0.05, 0) is 113 Å². The first-order valence-corrected chi connectivity index (χ1v) is 21.9. The molecule has 0 aliphatic carbocycles. The van der Waals surface area contributed by atoms with E-state index >= 15 is 0 Å². The number of rotatable bonds is 5. The lowest BCUT2D eigenvalue weighted by Gasteiger charge is -2.51. The molecule has 322 valence electrons. The maximum Gasteiger partial charge on any atom is 0.337 e. The van der Waals surface area contributed by atoms with Crippen LogP contribution in [0.1, 0.15) is 27.8 Å². The zero-order valence-electron chi connectivity index (χ0n) is 35.1. The lowest BCUT2D eigenvalue weighted by molar-refractivity contribution is -0.153. The van der Waals surface area contributed by atoms with Gasteiger partial charge in [0.1, 0.15) is 5.54 Å². The van der Waals surface area contributed by atoms with Crippen molar-refractivity contribution >= 4 is 79.9 Å². The average molecular weight is 949 g/mol. The predicted molar refractivity (Wildman–Crippen MR) is 252 cm³/mol. The van der Waals surface area contributed by atoms with E-state index < -0.39 is 16.8 Å². The van der Waals surface area contributed by atoms with Crippen molar-refractivity contribution in [3.63, 3.8) is 0 Å². The molecular formula is C50H45BrCl2N4O6. The van der Waals surface area contributed by atoms with Gasteiger partial charge in [0, 0.05) is 37.1 Å². The van der Waals surface area contributed by atoms with E-state index in [4.69, 9.17) is 32.7 Å². The Kier molecular flexibility index (Phi) is 12.3. The Morgan fingerprint density at radius 1 is 0.524 bits per heavy atom. The average Bonchev–Trinajstić information content (AvgIpc) is 3.60. The van der Waals surface area contributed by atoms with Crippen molar-refractivity contribution in [1.29, 1.82) is 0 Å². The van der Waals surface area contributed by atoms with Crippen molar-refractivity contribution < 1.29 is 29.0 Å². The van der Waals surface area contributed by atoms with Crippen LogP contribution in [0.4, 0.5) is 32.3 Å². The van der Waals surface area contributed by atoms with Gasteiger partial charge in [0.25, 0.3) is 5.91 Å². The van der Waals surface area contributed by atoms with Crippen LogP contribution in [0.3, 0.4) is 0 Å². The lowest BCUT2D eigenvalue weighted by Crippen LogP contribution is -2.70. The van der Waals surface area contributed by atoms with E-state index in [0.717, 1.165) is 21.2 Å². The van der Waals surface area contributed by atoms with E-state index in [1.165, 1.54) is 20.3 Å². The number of benzene rings is 6. The first-order valence-electron chi connectivity index (χ1n) is 20.3. The van der Waals surface area contributed by atoms with Crippen LogP contribution in [0.15, 0.2) is 150 Å². The largest absolute Gasteiger partial charge is 0.376 e. The maximum atomic E-state index is 14.0. The third-order valence-electron chi connectivity index (χ3n) is 11.7. The Labute approximate surface area is 385 Å². The van der Waals surface area contributed by atoms with Gasteiger partial charge in [0.2, 0.25) is 5.72 Å². The third kappa shape index (κ3) is 7.92. The van der Waals surface area contributed by atoms with Crippen LogP contribution in [-0.2, 0) is 20.0 Å². The van der Waals surface area contributed by atoms with Gasteiger partial charge in [-0.3, -0.25) is 19.5 Å². The molecule has 63 heavy (non-hydrogen) atoms. The Morgan fingerprint density at radius 2 is 0.984 bits per heavy atom. The Balaban J connectivity index is 0.000000150. The second-order valence-electron chi connectivity index (χ2n) is 16.2. The molecule has 1 atom stereocenters. The van der Waals surface area contributed by atoms with Crippen molar-refractivity contribution in [3.05, 3.63) is 188 Å². The molecule has 13 heteroatoms. The van der Waals surface area contributed by atoms with Gasteiger partial charge in [-0.1, -0.05) is 122 Å². The molecule has 4 aliphatic rings. The number of amides is 5. The lowest BCUT2D eigenvalue weighted by atomic mass is 9.78. The number of ether oxygens (including phenoxy) is 2. The summed E-state index contributed by atoms with van der Waals surface area (Å²) in [7, 11) is 0. The summed E-state index contributed by atoms with van der Waals surface area (Å²) in [5.74, 6) is -0.252. The molecule has 5 amide bonds. The molecule has 0 aromatic heterocycles. The monoisotopic (exact) mass is 946 g/mol. The van der Waals surface area contributed by atoms with E-state index in [1.807, 2.05) is 93.6 Å². The highest BCUT2D eigenvalue weighted by molar-refractivity contribution is 9.10. The standard InChI is InChI=1S/C25H23ClN2O3.C18H15ClN2O3.C7H7Br/c1-17-6-10-22(11-7-17)28-23(29)27(21-12-8-20(26)9-13-21)24(15-31-16-24)25(28,30)19-5-3-4-18(2)14-19;1-12-2-6-14(7-3-12)20-16(22)18(10-24-11-18)21(17(20)23)15-8-4-13(19)5-9-15;1-6-3-2-4-7(8)5-6/h3-14,30H,15-16H2,1-2H3;2-9H,10-11H2,1H3;2-5H,1H3. The molecule has 4 saturated heterocycles. The fraction of sp³-hybridized carbons (Fsp3) is 0.220. The molecule has 10 nitrogen and oxygen atoms in total. The number of nitrogens with zero attached hydrogens (tertiary/aromatic N) is 4. The topological polar surface area (TPSA) is 103 Å². The van der Waals surface area contributed by atoms with Gasteiger partial charge in [0.05, 0.1) is 32.1 Å². The van der Waals surface area contributed by atoms with Crippen molar-refractivity contribution in [2.75, 3.05) is 46.0 Å². The van der Waals surface area contributed by atoms with Gasteiger partial charge in [-0.15, -0.1) is 0 Å². The predicted octanol–water partition coefficient (Wildman–Crippen LogP) is 11.2. The summed E-state index contributed by atoms with van der Waals surface area (Å²) in [4.78, 5) is 45.9. The smallest absolute Gasteiger partial charge is 0.337 e. The molecule has 6 aromatic carbocycles. The summed E-state index contributed by atoms with van der Waals surface area (Å²) in [5.41, 5.74) is 4.02. The van der Waals surface area contributed by atoms with E-state index in [2.05, 4.69) is 35.0 Å². The van der Waals surface area contributed by atoms with Crippen molar-refractivity contribution in [2.45, 2.75) is 44.5 Å². The number of carbonyl (C=O) groups excluding carboxylic acids is 3. The van der Waals surface area contributed by atoms with Crippen LogP contribution >= 0.6 is 39.1 Å². The second-order valence-corrected chi connectivity index (χ2v) is 18.0. The van der Waals surface area contributed by atoms with Crippen LogP contribution in [0.2, 0.25) is 10.0 Å². The third-order valence-corrected chi connectivity index (χ3v) is 12.7. The molecule has 0 saturated carbocycles. The SMILES string of the molecule is Cc1ccc(N2C(=O)N(c3ccc(Cl)cc3)C3(COC3)C2(O)c2cccc(C)c2)cc1.Cc1ccc(N2C(=O)N(c3ccc(Cl)cc3)C3(COC3)C2=O)cc1.Cc1cccc(Br)c1. The number of anilines is 4. The molecule has 4 heterocycles. The minimum atomic E-state index is -1.62. The first kappa shape index (κ1) is 44.1. The van der Waals surface area contributed by atoms with Crippen molar-refractivity contribution in [3.8, 4) is 0 Å². The van der Waals surface area contributed by atoms with Crippen molar-refractivity contribution in [2.24, 2.45) is 0 Å². The molecule has 0 radical (unpaired) electrons. The van der Waals surface area contributed by atoms with Gasteiger partial charge in [-0.2, -0.15) is 0 Å². The minimum absolute atomic E-state index is 0.197. The molecule has 1 unspecified atom stereocenters. The highest BCUT2D eigenvalue weighted by Gasteiger charge is 2.72. The van der Waals surface area contributed by atoms with Crippen LogP contribution in [0.25, 0.3) is 0 Å². The number of hydrogen-bond acceptors (Lipinski definition) is 6. The fourth-order valence-electron chi connectivity index (χ4n) is 8.31. The molecule has 2 spiro atoms. The van der Waals surface area contributed by atoms with Gasteiger partial charge < -0.3 is 14.6 Å². The van der Waals surface area contributed by atoms with E-state index in [9.17, 15) is 19.5 Å². The van der Waals surface area contributed by atoms with E-state index in [-0.39, 0.29) is 44.4 Å². The number of aryl methyl sites for hydroxylation is 4. The quantitative estimate of drug-likeness (QED) is 0.173. The van der Waals surface area contributed by atoms with Crippen LogP contribution in [-0.4, -0.2) is 60.6 Å². The number of imide groups is 1. The molecule has 1 N–H and O–H groups in total. The minimum Gasteiger partial charge on any atom is -0.376 e. The summed E-state index contributed by atoms with van der Waals surface area (Å²) in [5, 5.41) is 13.6. The highest BCUT2D eigenvalue weighted by Crippen LogP contribution is 2.54. The summed E-state index contributed by atoms with van der Waals surface area (Å²) < 4.78 is 12.1. The number of urea groups is 2. The molecule has 10 rings (SSSR count). The van der Waals surface area contributed by atoms with Gasteiger partial charge in [-0.25, -0.2) is 14.5 Å². The van der Waals surface area contributed by atoms with Crippen LogP contribution in [0, 0.1) is 27.7 Å². The molecular weight excluding hydrogens is 903 g/mol. The number of carbonyl (C=O) groups is 3. The van der Waals surface area contributed by atoms with Crippen molar-refractivity contribution in [1.82, 2.24) is 0 Å². The maximum absolute atomic E-state index is 14.0. The van der Waals surface area contributed by atoms with Gasteiger partial charge in [0.15, 0.2) is 5.54 Å². The van der Waals surface area contributed by atoms with E-state index in [0.29, 0.717) is 38.4 Å². The van der Waals surface area contributed by atoms with Gasteiger partial charge >= 0.3 is 12.1 Å². The summed E-state index contributed by atoms with van der Waals surface area (Å²) in [6.45, 7) is 8.82. The first-order chi connectivity index (χ1) is 30.2. The van der Waals surface area contributed by atoms with E-state index in [1.54, 1.807) is 65.6 Å². The molecule has 0 bridgehead atoms. The molecule has 4 fully saturated rings. The molecule has 6 aromatic rings. The molecule has 4 aliphatic heterocycles. The fourth-order valence-corrected chi connectivity index (χ4v) is 9.07. The normalized spacial score (nSPS) is 19.3. The Hall–Kier alpha value is -5.53. The second kappa shape index (κ2) is 17.6. The highest BCUT2D eigenvalue weighted by atomic mass is 79.9. The summed E-state index contributed by atoms with van der Waals surface area (Å²) in [6.07, 6.45) is 0. The Morgan fingerprint density at radius 3 is 1.43 bits per heavy atom.